The van der Waals surface area contributed by atoms with Crippen LogP contribution in [0.1, 0.15) is 11.4 Å². The van der Waals surface area contributed by atoms with E-state index in [1.807, 2.05) is 18.2 Å². The Morgan fingerprint density at radius 1 is 1.12 bits per heavy atom. The standard InChI is InChI=1S/C21H17F3N4O3S/c1-25-12-4-3-5-14(8-12)31-11-16-15-9-13(6-7-17(15)32-26-16)28-19(29)10-18(21(22,23)24)27(2)20(28)30/h3-10,25H,11H2,1-2H3. The molecule has 0 saturated carbocycles. The van der Waals surface area contributed by atoms with Crippen molar-refractivity contribution in [3.05, 3.63) is 80.8 Å². The fourth-order valence-corrected chi connectivity index (χ4v) is 4.01. The van der Waals surface area contributed by atoms with Crippen LogP contribution in [0.2, 0.25) is 0 Å². The maximum atomic E-state index is 13.1. The molecule has 0 amide bonds. The second-order valence-corrected chi connectivity index (χ2v) is 7.72. The number of aromatic nitrogens is 3. The molecule has 0 aliphatic carbocycles. The molecule has 0 aliphatic rings. The monoisotopic (exact) mass is 462 g/mol. The number of nitrogens with zero attached hydrogens (tertiary/aromatic N) is 3. The van der Waals surface area contributed by atoms with Crippen LogP contribution in [0.4, 0.5) is 18.9 Å². The molecule has 0 bridgehead atoms. The van der Waals surface area contributed by atoms with Gasteiger partial charge in [0.15, 0.2) is 0 Å². The van der Waals surface area contributed by atoms with Gasteiger partial charge in [-0.1, -0.05) is 6.07 Å². The number of alkyl halides is 3. The summed E-state index contributed by atoms with van der Waals surface area (Å²) in [6.07, 6.45) is -4.82. The van der Waals surface area contributed by atoms with E-state index in [0.29, 0.717) is 32.0 Å². The van der Waals surface area contributed by atoms with Crippen LogP contribution in [0, 0.1) is 0 Å². The molecule has 0 fully saturated rings. The molecule has 0 atom stereocenters. The third kappa shape index (κ3) is 3.98. The van der Waals surface area contributed by atoms with Gasteiger partial charge in [0.2, 0.25) is 0 Å². The molecular weight excluding hydrogens is 445 g/mol. The lowest BCUT2D eigenvalue weighted by Gasteiger charge is -2.14. The first-order valence-corrected chi connectivity index (χ1v) is 10.2. The number of nitrogens with one attached hydrogen (secondary N) is 1. The smallest absolute Gasteiger partial charge is 0.431 e. The second kappa shape index (κ2) is 8.15. The van der Waals surface area contributed by atoms with Gasteiger partial charge in [0.05, 0.1) is 16.1 Å². The average molecular weight is 462 g/mol. The van der Waals surface area contributed by atoms with Gasteiger partial charge in [-0.2, -0.15) is 17.5 Å². The molecule has 4 rings (SSSR count). The van der Waals surface area contributed by atoms with Crippen molar-refractivity contribution in [1.82, 2.24) is 13.5 Å². The molecule has 11 heteroatoms. The average Bonchev–Trinajstić information content (AvgIpc) is 3.16. The van der Waals surface area contributed by atoms with Crippen LogP contribution in [0.25, 0.3) is 15.8 Å². The van der Waals surface area contributed by atoms with Crippen LogP contribution in [-0.4, -0.2) is 20.6 Å². The number of anilines is 1. The maximum Gasteiger partial charge on any atom is 0.431 e. The number of rotatable bonds is 5. The lowest BCUT2D eigenvalue weighted by atomic mass is 10.2. The molecule has 0 spiro atoms. The van der Waals surface area contributed by atoms with E-state index in [9.17, 15) is 22.8 Å². The van der Waals surface area contributed by atoms with E-state index in [4.69, 9.17) is 4.74 Å². The van der Waals surface area contributed by atoms with Crippen LogP contribution < -0.4 is 21.3 Å². The first-order valence-electron chi connectivity index (χ1n) is 9.38. The highest BCUT2D eigenvalue weighted by atomic mass is 32.1. The van der Waals surface area contributed by atoms with Crippen molar-refractivity contribution in [2.75, 3.05) is 12.4 Å². The summed E-state index contributed by atoms with van der Waals surface area (Å²) in [7, 11) is 2.77. The summed E-state index contributed by atoms with van der Waals surface area (Å²) < 4.78 is 51.4. The Balaban J connectivity index is 1.73. The summed E-state index contributed by atoms with van der Waals surface area (Å²) in [5.74, 6) is 0.627. The highest BCUT2D eigenvalue weighted by molar-refractivity contribution is 7.13. The van der Waals surface area contributed by atoms with E-state index in [1.165, 1.54) is 17.6 Å². The molecule has 32 heavy (non-hydrogen) atoms. The van der Waals surface area contributed by atoms with Crippen molar-refractivity contribution >= 4 is 27.3 Å². The molecule has 2 aromatic carbocycles. The summed E-state index contributed by atoms with van der Waals surface area (Å²) in [4.78, 5) is 25.0. The molecule has 2 heterocycles. The Kier molecular flexibility index (Phi) is 5.51. The van der Waals surface area contributed by atoms with Crippen molar-refractivity contribution in [2.45, 2.75) is 12.8 Å². The van der Waals surface area contributed by atoms with E-state index in [1.54, 1.807) is 25.2 Å². The number of halogens is 3. The second-order valence-electron chi connectivity index (χ2n) is 6.92. The van der Waals surface area contributed by atoms with Crippen LogP contribution in [0.5, 0.6) is 5.75 Å². The summed E-state index contributed by atoms with van der Waals surface area (Å²) in [5, 5.41) is 3.66. The lowest BCUT2D eigenvalue weighted by Crippen LogP contribution is -2.40. The summed E-state index contributed by atoms with van der Waals surface area (Å²) >= 11 is 1.22. The van der Waals surface area contributed by atoms with Gasteiger partial charge in [-0.3, -0.25) is 9.36 Å². The highest BCUT2D eigenvalue weighted by Crippen LogP contribution is 2.28. The third-order valence-corrected chi connectivity index (χ3v) is 5.76. The van der Waals surface area contributed by atoms with Gasteiger partial charge in [0, 0.05) is 37.3 Å². The summed E-state index contributed by atoms with van der Waals surface area (Å²) in [6, 6.07) is 12.5. The zero-order valence-corrected chi connectivity index (χ0v) is 17.8. The minimum absolute atomic E-state index is 0.135. The molecule has 4 aromatic rings. The molecule has 0 radical (unpaired) electrons. The minimum atomic E-state index is -4.82. The zero-order valence-electron chi connectivity index (χ0n) is 16.9. The van der Waals surface area contributed by atoms with Crippen LogP contribution >= 0.6 is 11.5 Å². The van der Waals surface area contributed by atoms with Gasteiger partial charge in [-0.25, -0.2) is 9.36 Å². The highest BCUT2D eigenvalue weighted by Gasteiger charge is 2.35. The van der Waals surface area contributed by atoms with E-state index < -0.39 is 23.1 Å². The Labute approximate surface area is 183 Å². The summed E-state index contributed by atoms with van der Waals surface area (Å²) in [6.45, 7) is 0.135. The number of hydrogen-bond donors (Lipinski definition) is 1. The van der Waals surface area contributed by atoms with Crippen molar-refractivity contribution < 1.29 is 17.9 Å². The predicted octanol–water partition coefficient (Wildman–Crippen LogP) is 3.79. The van der Waals surface area contributed by atoms with E-state index >= 15 is 0 Å². The largest absolute Gasteiger partial charge is 0.487 e. The fraction of sp³-hybridized carbons (Fsp3) is 0.190. The molecule has 0 unspecified atom stereocenters. The number of fused-ring (bicyclic) bond motifs is 1. The number of benzene rings is 2. The van der Waals surface area contributed by atoms with E-state index in [2.05, 4.69) is 9.69 Å². The molecule has 166 valence electrons. The number of ether oxygens (including phenoxy) is 1. The SMILES string of the molecule is CNc1cccc(OCc2nsc3ccc(-n4c(=O)cc(C(F)(F)F)n(C)c4=O)cc23)c1. The molecule has 2 aromatic heterocycles. The van der Waals surface area contributed by atoms with Crippen molar-refractivity contribution in [1.29, 1.82) is 0 Å². The molecule has 1 N–H and O–H groups in total. The molecular formula is C21H17F3N4O3S. The predicted molar refractivity (Wildman–Crippen MR) is 116 cm³/mol. The fourth-order valence-electron chi connectivity index (χ4n) is 3.25. The lowest BCUT2D eigenvalue weighted by molar-refractivity contribution is -0.144. The molecule has 7 nitrogen and oxygen atoms in total. The molecule has 0 aliphatic heterocycles. The van der Waals surface area contributed by atoms with Gasteiger partial charge in [-0.05, 0) is 41.9 Å². The quantitative estimate of drug-likeness (QED) is 0.488. The van der Waals surface area contributed by atoms with Crippen LogP contribution in [-0.2, 0) is 19.8 Å². The van der Waals surface area contributed by atoms with Gasteiger partial charge in [-0.15, -0.1) is 0 Å². The molecule has 0 saturated heterocycles. The van der Waals surface area contributed by atoms with E-state index in [-0.39, 0.29) is 12.3 Å². The maximum absolute atomic E-state index is 13.1. The Hall–Kier alpha value is -3.60. The van der Waals surface area contributed by atoms with E-state index in [0.717, 1.165) is 17.4 Å². The minimum Gasteiger partial charge on any atom is -0.487 e. The van der Waals surface area contributed by atoms with Crippen molar-refractivity contribution in [3.63, 3.8) is 0 Å². The van der Waals surface area contributed by atoms with Crippen molar-refractivity contribution in [3.8, 4) is 11.4 Å². The van der Waals surface area contributed by atoms with Crippen molar-refractivity contribution in [2.24, 2.45) is 7.05 Å². The Morgan fingerprint density at radius 2 is 1.91 bits per heavy atom. The van der Waals surface area contributed by atoms with Crippen LogP contribution in [0.3, 0.4) is 0 Å². The zero-order chi connectivity index (χ0) is 23.0. The summed E-state index contributed by atoms with van der Waals surface area (Å²) in [5.41, 5.74) is -1.85. The first kappa shape index (κ1) is 21.6. The number of hydrogen-bond acceptors (Lipinski definition) is 6. The van der Waals surface area contributed by atoms with Gasteiger partial charge in [0.25, 0.3) is 5.56 Å². The Morgan fingerprint density at radius 3 is 2.62 bits per heavy atom. The first-order chi connectivity index (χ1) is 15.2. The van der Waals surface area contributed by atoms with Gasteiger partial charge >= 0.3 is 11.9 Å². The Bertz CT molecular complexity index is 1420. The third-order valence-electron chi connectivity index (χ3n) is 4.90. The normalized spacial score (nSPS) is 11.7. The topological polar surface area (TPSA) is 78.2 Å². The van der Waals surface area contributed by atoms with Crippen LogP contribution in [0.15, 0.2) is 58.1 Å². The van der Waals surface area contributed by atoms with Gasteiger partial charge < -0.3 is 10.1 Å². The van der Waals surface area contributed by atoms with Gasteiger partial charge in [0.1, 0.15) is 18.1 Å².